The molecule has 0 aliphatic rings. The highest BCUT2D eigenvalue weighted by molar-refractivity contribution is 6.00. The van der Waals surface area contributed by atoms with Crippen molar-refractivity contribution in [3.8, 4) is 45.2 Å². The molecule has 57 heavy (non-hydrogen) atoms. The van der Waals surface area contributed by atoms with Crippen molar-refractivity contribution in [1.29, 1.82) is 0 Å². The molecule has 0 atom stereocenters. The Labute approximate surface area is 328 Å². The number of oxazole rings is 2. The molecular formula is C51H32N4O2. The minimum absolute atomic E-state index is 0.622. The number of pyridine rings is 1. The van der Waals surface area contributed by atoms with E-state index in [0.717, 1.165) is 78.0 Å². The summed E-state index contributed by atoms with van der Waals surface area (Å²) in [7, 11) is 0. The molecule has 3 heterocycles. The lowest BCUT2D eigenvalue weighted by molar-refractivity contribution is 0.619. The Kier molecular flexibility index (Phi) is 7.71. The van der Waals surface area contributed by atoms with Crippen molar-refractivity contribution in [2.45, 2.75) is 0 Å². The monoisotopic (exact) mass is 732 g/mol. The van der Waals surface area contributed by atoms with Gasteiger partial charge in [-0.3, -0.25) is 4.98 Å². The van der Waals surface area contributed by atoms with E-state index in [1.54, 1.807) is 0 Å². The molecule has 3 aromatic heterocycles. The van der Waals surface area contributed by atoms with E-state index in [1.807, 2.05) is 60.9 Å². The van der Waals surface area contributed by atoms with E-state index in [9.17, 15) is 0 Å². The molecule has 11 rings (SSSR count). The fourth-order valence-electron chi connectivity index (χ4n) is 7.62. The quantitative estimate of drug-likeness (QED) is 0.152. The molecular weight excluding hydrogens is 701 g/mol. The van der Waals surface area contributed by atoms with Crippen LogP contribution >= 0.6 is 0 Å². The van der Waals surface area contributed by atoms with Gasteiger partial charge in [-0.15, -0.1) is 0 Å². The van der Waals surface area contributed by atoms with E-state index in [-0.39, 0.29) is 0 Å². The van der Waals surface area contributed by atoms with Crippen LogP contribution in [0.25, 0.3) is 88.9 Å². The maximum atomic E-state index is 6.01. The van der Waals surface area contributed by atoms with Crippen LogP contribution in [0, 0.1) is 0 Å². The smallest absolute Gasteiger partial charge is 0.227 e. The molecule has 0 unspecified atom stereocenters. The second-order valence-corrected chi connectivity index (χ2v) is 14.2. The van der Waals surface area contributed by atoms with Gasteiger partial charge in [0.1, 0.15) is 11.0 Å². The van der Waals surface area contributed by atoms with Crippen LogP contribution in [-0.2, 0) is 0 Å². The Morgan fingerprint density at radius 1 is 0.351 bits per heavy atom. The minimum Gasteiger partial charge on any atom is -0.436 e. The highest BCUT2D eigenvalue weighted by Gasteiger charge is 2.16. The van der Waals surface area contributed by atoms with Crippen LogP contribution in [0.15, 0.2) is 203 Å². The summed E-state index contributed by atoms with van der Waals surface area (Å²) in [6, 6.07) is 63.2. The van der Waals surface area contributed by atoms with Crippen molar-refractivity contribution in [1.82, 2.24) is 15.0 Å². The minimum atomic E-state index is 0.622. The van der Waals surface area contributed by atoms with E-state index in [1.165, 1.54) is 16.2 Å². The molecule has 0 spiro atoms. The van der Waals surface area contributed by atoms with E-state index in [0.29, 0.717) is 11.8 Å². The van der Waals surface area contributed by atoms with Crippen LogP contribution in [0.4, 0.5) is 17.1 Å². The zero-order valence-corrected chi connectivity index (χ0v) is 30.6. The first-order valence-corrected chi connectivity index (χ1v) is 18.9. The first kappa shape index (κ1) is 32.6. The summed E-state index contributed by atoms with van der Waals surface area (Å²) in [5, 5.41) is 4.64. The molecule has 0 aliphatic heterocycles. The maximum Gasteiger partial charge on any atom is 0.227 e. The largest absolute Gasteiger partial charge is 0.436 e. The number of fused-ring (bicyclic) bond motifs is 4. The van der Waals surface area contributed by atoms with Crippen molar-refractivity contribution in [3.63, 3.8) is 0 Å². The van der Waals surface area contributed by atoms with Gasteiger partial charge in [0.2, 0.25) is 11.8 Å². The number of nitrogens with zero attached hydrogens (tertiary/aromatic N) is 4. The highest BCUT2D eigenvalue weighted by atomic mass is 16.4. The molecule has 6 heteroatoms. The summed E-state index contributed by atoms with van der Waals surface area (Å²) in [4.78, 5) is 16.0. The Hall–Kier alpha value is -7.83. The van der Waals surface area contributed by atoms with Crippen molar-refractivity contribution in [2.75, 3.05) is 4.90 Å². The molecule has 11 aromatic rings. The van der Waals surface area contributed by atoms with Crippen molar-refractivity contribution >= 4 is 60.8 Å². The summed E-state index contributed by atoms with van der Waals surface area (Å²) in [5.74, 6) is 1.24. The van der Waals surface area contributed by atoms with Gasteiger partial charge in [0, 0.05) is 46.0 Å². The van der Waals surface area contributed by atoms with E-state index in [2.05, 4.69) is 153 Å². The summed E-state index contributed by atoms with van der Waals surface area (Å²) < 4.78 is 12.0. The van der Waals surface area contributed by atoms with Gasteiger partial charge < -0.3 is 13.7 Å². The van der Waals surface area contributed by atoms with Crippen LogP contribution in [0.1, 0.15) is 0 Å². The standard InChI is InChI=1S/C51H32N4O2/c1-3-7-48-46(5-1)53-50(56-48)37-13-9-33(10-14-37)35-17-22-43(23-18-35)55(45-26-21-39-30-42-32-52-28-27-40(42)29-41(39)31-45)44-24-19-36(20-25-44)34-11-15-38(16-12-34)51-54-47-6-2-4-8-49(47)57-51/h1-32H. The topological polar surface area (TPSA) is 68.2 Å². The molecule has 0 aliphatic carbocycles. The van der Waals surface area contributed by atoms with Gasteiger partial charge in [-0.05, 0) is 142 Å². The lowest BCUT2D eigenvalue weighted by Gasteiger charge is -2.26. The van der Waals surface area contributed by atoms with E-state index < -0.39 is 0 Å². The van der Waals surface area contributed by atoms with Gasteiger partial charge in [-0.1, -0.05) is 78.9 Å². The van der Waals surface area contributed by atoms with Gasteiger partial charge in [-0.2, -0.15) is 0 Å². The fourth-order valence-corrected chi connectivity index (χ4v) is 7.62. The van der Waals surface area contributed by atoms with E-state index >= 15 is 0 Å². The molecule has 0 N–H and O–H groups in total. The number of aromatic nitrogens is 3. The predicted molar refractivity (Wildman–Crippen MR) is 231 cm³/mol. The summed E-state index contributed by atoms with van der Waals surface area (Å²) >= 11 is 0. The number of benzene rings is 8. The summed E-state index contributed by atoms with van der Waals surface area (Å²) in [5.41, 5.74) is 12.8. The van der Waals surface area contributed by atoms with Crippen molar-refractivity contribution in [2.24, 2.45) is 0 Å². The first-order valence-electron chi connectivity index (χ1n) is 18.9. The molecule has 0 fully saturated rings. The van der Waals surface area contributed by atoms with Gasteiger partial charge in [-0.25, -0.2) is 9.97 Å². The van der Waals surface area contributed by atoms with Gasteiger partial charge in [0.05, 0.1) is 0 Å². The van der Waals surface area contributed by atoms with Gasteiger partial charge in [0.15, 0.2) is 11.2 Å². The number of para-hydroxylation sites is 4. The number of hydrogen-bond acceptors (Lipinski definition) is 6. The normalized spacial score (nSPS) is 11.5. The Bertz CT molecular complexity index is 2990. The van der Waals surface area contributed by atoms with Crippen LogP contribution in [0.3, 0.4) is 0 Å². The predicted octanol–water partition coefficient (Wildman–Crippen LogP) is 13.8. The molecule has 0 bridgehead atoms. The third kappa shape index (κ3) is 6.06. The molecule has 8 aromatic carbocycles. The third-order valence-corrected chi connectivity index (χ3v) is 10.6. The molecule has 6 nitrogen and oxygen atoms in total. The van der Waals surface area contributed by atoms with Crippen molar-refractivity contribution in [3.05, 3.63) is 194 Å². The van der Waals surface area contributed by atoms with Crippen LogP contribution < -0.4 is 4.90 Å². The second-order valence-electron chi connectivity index (χ2n) is 14.2. The van der Waals surface area contributed by atoms with Crippen LogP contribution in [0.2, 0.25) is 0 Å². The zero-order valence-electron chi connectivity index (χ0n) is 30.6. The Morgan fingerprint density at radius 3 is 1.32 bits per heavy atom. The maximum absolute atomic E-state index is 6.01. The lowest BCUT2D eigenvalue weighted by atomic mass is 10.0. The molecule has 0 saturated carbocycles. The van der Waals surface area contributed by atoms with Gasteiger partial charge in [0.25, 0.3) is 0 Å². The molecule has 0 saturated heterocycles. The average Bonchev–Trinajstić information content (AvgIpc) is 3.92. The zero-order chi connectivity index (χ0) is 37.7. The lowest BCUT2D eigenvalue weighted by Crippen LogP contribution is -2.09. The highest BCUT2D eigenvalue weighted by Crippen LogP contribution is 2.39. The molecule has 268 valence electrons. The van der Waals surface area contributed by atoms with Crippen LogP contribution in [-0.4, -0.2) is 15.0 Å². The number of rotatable bonds is 7. The van der Waals surface area contributed by atoms with Crippen LogP contribution in [0.5, 0.6) is 0 Å². The summed E-state index contributed by atoms with van der Waals surface area (Å²) in [6.07, 6.45) is 3.77. The van der Waals surface area contributed by atoms with Crippen molar-refractivity contribution < 1.29 is 8.83 Å². The number of hydrogen-bond donors (Lipinski definition) is 0. The second kappa shape index (κ2) is 13.5. The third-order valence-electron chi connectivity index (χ3n) is 10.6. The Morgan fingerprint density at radius 2 is 0.789 bits per heavy atom. The summed E-state index contributed by atoms with van der Waals surface area (Å²) in [6.45, 7) is 0. The SMILES string of the molecule is c1ccc2oc(-c3ccc(-c4ccc(N(c5ccc(-c6ccc(-c7nc8ccccc8o7)cc6)cc5)c5ccc6cc7cnccc7cc6c5)cc4)cc3)nc2c1. The van der Waals surface area contributed by atoms with Gasteiger partial charge >= 0.3 is 0 Å². The fraction of sp³-hybridized carbons (Fsp3) is 0. The average molecular weight is 733 g/mol. The first-order chi connectivity index (χ1) is 28.2. The van der Waals surface area contributed by atoms with E-state index in [4.69, 9.17) is 8.83 Å². The number of anilines is 3. The molecule has 0 radical (unpaired) electrons. The Balaban J connectivity index is 0.923. The molecule has 0 amide bonds.